The van der Waals surface area contributed by atoms with Crippen LogP contribution in [0.2, 0.25) is 0 Å². The molecule has 7 atom stereocenters. The van der Waals surface area contributed by atoms with Crippen molar-refractivity contribution in [3.05, 3.63) is 23.3 Å². The Kier molecular flexibility index (Phi) is 2.59. The molecule has 4 aliphatic carbocycles. The van der Waals surface area contributed by atoms with E-state index in [0.717, 1.165) is 18.4 Å². The number of carbonyl (C=O) groups excluding carboxylic acids is 1. The van der Waals surface area contributed by atoms with Crippen molar-refractivity contribution in [1.82, 2.24) is 0 Å². The summed E-state index contributed by atoms with van der Waals surface area (Å²) < 4.78 is 18.8. The first-order valence-corrected chi connectivity index (χ1v) is 10.1. The van der Waals surface area contributed by atoms with Crippen molar-refractivity contribution in [3.63, 3.8) is 0 Å². The number of ether oxygens (including phenoxy) is 3. The van der Waals surface area contributed by atoms with Crippen LogP contribution in [0.5, 0.6) is 0 Å². The van der Waals surface area contributed by atoms with Crippen molar-refractivity contribution in [3.8, 4) is 0 Å². The molecule has 2 spiro atoms. The summed E-state index contributed by atoms with van der Waals surface area (Å²) in [6.07, 6.45) is 6.32. The Morgan fingerprint density at radius 1 is 1.12 bits per heavy atom. The van der Waals surface area contributed by atoms with E-state index in [1.54, 1.807) is 0 Å². The lowest BCUT2D eigenvalue weighted by Gasteiger charge is -2.43. The van der Waals surface area contributed by atoms with Gasteiger partial charge in [-0.25, -0.2) is 0 Å². The Labute approximate surface area is 154 Å². The third-order valence-electron chi connectivity index (χ3n) is 8.46. The van der Waals surface area contributed by atoms with Crippen LogP contribution >= 0.6 is 0 Å². The number of epoxide rings is 1. The molecule has 4 fully saturated rings. The SMILES string of the molecule is CC1=CC23CCC4C(C(C=C5COC(C)(C)OC5C25OC15)C3=O)C4(C)C. The molecule has 4 nitrogen and oxygen atoms in total. The molecule has 0 N–H and O–H groups in total. The second-order valence-corrected chi connectivity index (χ2v) is 10.5. The lowest BCUT2D eigenvalue weighted by molar-refractivity contribution is -0.267. The van der Waals surface area contributed by atoms with E-state index in [1.807, 2.05) is 13.8 Å². The number of allylic oxidation sites excluding steroid dienone is 1. The second kappa shape index (κ2) is 4.21. The van der Waals surface area contributed by atoms with Crippen LogP contribution in [0.15, 0.2) is 23.3 Å². The van der Waals surface area contributed by atoms with Crippen molar-refractivity contribution in [2.24, 2.45) is 28.6 Å². The smallest absolute Gasteiger partial charge is 0.164 e. The van der Waals surface area contributed by atoms with Crippen molar-refractivity contribution in [2.45, 2.75) is 71.1 Å². The molecule has 6 aliphatic rings. The van der Waals surface area contributed by atoms with Gasteiger partial charge in [-0.05, 0) is 62.0 Å². The fraction of sp³-hybridized carbons (Fsp3) is 0.773. The normalized spacial score (nSPS) is 54.5. The standard InChI is InChI=1S/C22H28O4/c1-11-9-21-7-6-14-15(19(14,2)3)13(16(21)23)8-12-10-24-20(4,5)25-18(12)22(21)17(11)26-22/h8-9,13-15,17-18H,6-7,10H2,1-5H3. The number of carbonyl (C=O) groups is 1. The molecule has 0 radical (unpaired) electrons. The van der Waals surface area contributed by atoms with E-state index in [9.17, 15) is 4.79 Å². The lowest BCUT2D eigenvalue weighted by Crippen LogP contribution is -2.56. The Hall–Kier alpha value is -0.970. The summed E-state index contributed by atoms with van der Waals surface area (Å²) >= 11 is 0. The average molecular weight is 356 g/mol. The van der Waals surface area contributed by atoms with Gasteiger partial charge in [0.1, 0.15) is 17.8 Å². The van der Waals surface area contributed by atoms with Crippen molar-refractivity contribution in [2.75, 3.05) is 6.61 Å². The van der Waals surface area contributed by atoms with Crippen LogP contribution in [-0.2, 0) is 19.0 Å². The van der Waals surface area contributed by atoms with Gasteiger partial charge in [-0.2, -0.15) is 0 Å². The average Bonchev–Trinajstić information content (AvgIpc) is 3.41. The van der Waals surface area contributed by atoms with Crippen molar-refractivity contribution >= 4 is 5.78 Å². The third-order valence-corrected chi connectivity index (χ3v) is 8.46. The maximum absolute atomic E-state index is 14.0. The first-order valence-electron chi connectivity index (χ1n) is 10.1. The van der Waals surface area contributed by atoms with Crippen molar-refractivity contribution < 1.29 is 19.0 Å². The van der Waals surface area contributed by atoms with Crippen LogP contribution in [0.4, 0.5) is 0 Å². The van der Waals surface area contributed by atoms with E-state index in [-0.39, 0.29) is 23.5 Å². The Bertz CT molecular complexity index is 805. The highest BCUT2D eigenvalue weighted by molar-refractivity contribution is 5.95. The quantitative estimate of drug-likeness (QED) is 0.493. The summed E-state index contributed by atoms with van der Waals surface area (Å²) in [5.41, 5.74) is 1.53. The van der Waals surface area contributed by atoms with E-state index >= 15 is 0 Å². The topological polar surface area (TPSA) is 48.1 Å². The van der Waals surface area contributed by atoms with Crippen molar-refractivity contribution in [1.29, 1.82) is 0 Å². The lowest BCUT2D eigenvalue weighted by atomic mass is 9.66. The molecule has 0 aromatic carbocycles. The second-order valence-electron chi connectivity index (χ2n) is 10.5. The number of fused-ring (bicyclic) bond motifs is 4. The monoisotopic (exact) mass is 356 g/mol. The Balaban J connectivity index is 1.56. The molecule has 2 saturated carbocycles. The summed E-state index contributed by atoms with van der Waals surface area (Å²) in [7, 11) is 0. The molecule has 0 aromatic heterocycles. The molecule has 2 heterocycles. The Morgan fingerprint density at radius 3 is 2.62 bits per heavy atom. The van der Waals surface area contributed by atoms with Gasteiger partial charge in [0.2, 0.25) is 0 Å². The minimum Gasteiger partial charge on any atom is -0.357 e. The number of Topliss-reactive ketones (excluding diaryl/α,β-unsaturated/α-hetero) is 1. The van der Waals surface area contributed by atoms with Gasteiger partial charge in [-0.1, -0.05) is 26.0 Å². The van der Waals surface area contributed by atoms with Crippen LogP contribution in [0, 0.1) is 28.6 Å². The molecule has 7 unspecified atom stereocenters. The van der Waals surface area contributed by atoms with Gasteiger partial charge >= 0.3 is 0 Å². The molecule has 2 aliphatic heterocycles. The first kappa shape index (κ1) is 16.0. The zero-order chi connectivity index (χ0) is 18.3. The number of ketones is 1. The van der Waals surface area contributed by atoms with Gasteiger partial charge in [-0.15, -0.1) is 0 Å². The number of hydrogen-bond acceptors (Lipinski definition) is 4. The molecular formula is C22H28O4. The van der Waals surface area contributed by atoms with Crippen LogP contribution in [0.1, 0.15) is 47.5 Å². The van der Waals surface area contributed by atoms with Gasteiger partial charge in [0.25, 0.3) is 0 Å². The highest BCUT2D eigenvalue weighted by Gasteiger charge is 2.82. The van der Waals surface area contributed by atoms with E-state index in [4.69, 9.17) is 14.2 Å². The van der Waals surface area contributed by atoms with E-state index < -0.39 is 16.8 Å². The van der Waals surface area contributed by atoms with Gasteiger partial charge in [0, 0.05) is 5.92 Å². The molecule has 26 heavy (non-hydrogen) atoms. The predicted octanol–water partition coefficient (Wildman–Crippen LogP) is 3.41. The summed E-state index contributed by atoms with van der Waals surface area (Å²) in [6, 6.07) is 0. The minimum atomic E-state index is -0.649. The van der Waals surface area contributed by atoms with Crippen LogP contribution in [0.25, 0.3) is 0 Å². The highest BCUT2D eigenvalue weighted by Crippen LogP contribution is 2.74. The van der Waals surface area contributed by atoms with Crippen LogP contribution in [0.3, 0.4) is 0 Å². The first-order chi connectivity index (χ1) is 12.1. The highest BCUT2D eigenvalue weighted by atomic mass is 16.7. The fourth-order valence-electron chi connectivity index (χ4n) is 7.13. The third kappa shape index (κ3) is 1.55. The zero-order valence-corrected chi connectivity index (χ0v) is 16.3. The predicted molar refractivity (Wildman–Crippen MR) is 95.3 cm³/mol. The van der Waals surface area contributed by atoms with Crippen LogP contribution in [-0.4, -0.2) is 36.0 Å². The fourth-order valence-corrected chi connectivity index (χ4v) is 7.13. The number of hydrogen-bond donors (Lipinski definition) is 0. The molecule has 140 valence electrons. The summed E-state index contributed by atoms with van der Waals surface area (Å²) in [5.74, 6) is 0.769. The molecule has 0 amide bonds. The van der Waals surface area contributed by atoms with E-state index in [2.05, 4.69) is 32.9 Å². The molecule has 0 aromatic rings. The summed E-state index contributed by atoms with van der Waals surface area (Å²) in [5, 5.41) is 0. The molecule has 4 heteroatoms. The summed E-state index contributed by atoms with van der Waals surface area (Å²) in [4.78, 5) is 14.0. The van der Waals surface area contributed by atoms with Gasteiger partial charge < -0.3 is 14.2 Å². The molecule has 6 rings (SSSR count). The summed E-state index contributed by atoms with van der Waals surface area (Å²) in [6.45, 7) is 11.2. The Morgan fingerprint density at radius 2 is 1.88 bits per heavy atom. The van der Waals surface area contributed by atoms with Gasteiger partial charge in [0.15, 0.2) is 11.6 Å². The van der Waals surface area contributed by atoms with E-state index in [1.165, 1.54) is 5.57 Å². The zero-order valence-electron chi connectivity index (χ0n) is 16.3. The van der Waals surface area contributed by atoms with Gasteiger partial charge in [0.05, 0.1) is 12.0 Å². The van der Waals surface area contributed by atoms with E-state index in [0.29, 0.717) is 24.2 Å². The molecule has 2 bridgehead atoms. The maximum Gasteiger partial charge on any atom is 0.164 e. The largest absolute Gasteiger partial charge is 0.357 e. The molecule has 2 saturated heterocycles. The minimum absolute atomic E-state index is 0.0231. The number of rotatable bonds is 0. The van der Waals surface area contributed by atoms with Crippen LogP contribution < -0.4 is 0 Å². The molecular weight excluding hydrogens is 328 g/mol. The van der Waals surface area contributed by atoms with Gasteiger partial charge in [-0.3, -0.25) is 4.79 Å². The maximum atomic E-state index is 14.0.